The highest BCUT2D eigenvalue weighted by molar-refractivity contribution is 5.95. The van der Waals surface area contributed by atoms with E-state index in [4.69, 9.17) is 10.8 Å². The molecule has 0 saturated heterocycles. The van der Waals surface area contributed by atoms with Crippen LogP contribution in [0.2, 0.25) is 0 Å². The number of aliphatic carboxylic acids is 1. The molecule has 0 radical (unpaired) electrons. The molecule has 88 valence electrons. The number of nitro groups is 1. The van der Waals surface area contributed by atoms with E-state index >= 15 is 0 Å². The Bertz CT molecular complexity index is 605. The molecule has 0 fully saturated rings. The fraction of sp³-hybridized carbons (Fsp3) is 0.100. The number of carboxylic acid groups (broad SMARTS) is 1. The van der Waals surface area contributed by atoms with Gasteiger partial charge in [-0.3, -0.25) is 14.9 Å². The van der Waals surface area contributed by atoms with E-state index in [0.717, 1.165) is 0 Å². The van der Waals surface area contributed by atoms with Crippen LogP contribution in [0.3, 0.4) is 0 Å². The highest BCUT2D eigenvalue weighted by Gasteiger charge is 2.23. The van der Waals surface area contributed by atoms with Crippen LogP contribution in [-0.2, 0) is 4.79 Å². The summed E-state index contributed by atoms with van der Waals surface area (Å²) in [6.45, 7) is 0. The minimum absolute atomic E-state index is 0.174. The Hall–Kier alpha value is -2.41. The molecule has 1 aromatic heterocycles. The Labute approximate surface area is 95.0 Å². The summed E-state index contributed by atoms with van der Waals surface area (Å²) in [6, 6.07) is 3.41. The Morgan fingerprint density at radius 2 is 2.24 bits per heavy atom. The maximum atomic E-state index is 10.8. The highest BCUT2D eigenvalue weighted by Crippen LogP contribution is 2.31. The van der Waals surface area contributed by atoms with E-state index in [1.54, 1.807) is 12.1 Å². The fourth-order valence-electron chi connectivity index (χ4n) is 1.73. The topological polar surface area (TPSA) is 122 Å². The molecule has 0 aliphatic rings. The van der Waals surface area contributed by atoms with Crippen LogP contribution in [0, 0.1) is 10.1 Å². The number of nitrogens with one attached hydrogen (secondary N) is 1. The maximum Gasteiger partial charge on any atom is 0.325 e. The second-order valence-corrected chi connectivity index (χ2v) is 3.52. The van der Waals surface area contributed by atoms with Gasteiger partial charge in [-0.1, -0.05) is 12.1 Å². The lowest BCUT2D eigenvalue weighted by atomic mass is 10.0. The first-order chi connectivity index (χ1) is 8.02. The first-order valence-electron chi connectivity index (χ1n) is 4.75. The number of rotatable bonds is 3. The highest BCUT2D eigenvalue weighted by atomic mass is 16.6. The number of aromatic amines is 1. The molecule has 7 heteroatoms. The molecular formula is C10H9N3O4. The van der Waals surface area contributed by atoms with Crippen LogP contribution in [0.1, 0.15) is 11.6 Å². The zero-order valence-corrected chi connectivity index (χ0v) is 8.58. The summed E-state index contributed by atoms with van der Waals surface area (Å²) in [5.41, 5.74) is 6.04. The molecule has 0 bridgehead atoms. The normalized spacial score (nSPS) is 12.5. The van der Waals surface area contributed by atoms with Crippen molar-refractivity contribution in [3.8, 4) is 0 Å². The minimum Gasteiger partial charge on any atom is -0.480 e. The molecule has 2 aromatic rings. The van der Waals surface area contributed by atoms with Crippen LogP contribution in [0.4, 0.5) is 5.69 Å². The van der Waals surface area contributed by atoms with Gasteiger partial charge in [-0.2, -0.15) is 0 Å². The van der Waals surface area contributed by atoms with Gasteiger partial charge < -0.3 is 15.8 Å². The van der Waals surface area contributed by atoms with Crippen molar-refractivity contribution in [3.05, 3.63) is 40.1 Å². The van der Waals surface area contributed by atoms with Gasteiger partial charge in [0.25, 0.3) is 5.69 Å². The van der Waals surface area contributed by atoms with E-state index in [-0.39, 0.29) is 16.6 Å². The van der Waals surface area contributed by atoms with Gasteiger partial charge in [0.1, 0.15) is 6.04 Å². The summed E-state index contributed by atoms with van der Waals surface area (Å²) in [5, 5.41) is 19.9. The van der Waals surface area contributed by atoms with Gasteiger partial charge in [0, 0.05) is 0 Å². The monoisotopic (exact) mass is 235 g/mol. The summed E-state index contributed by atoms with van der Waals surface area (Å²) >= 11 is 0. The van der Waals surface area contributed by atoms with Crippen molar-refractivity contribution in [1.82, 2.24) is 4.98 Å². The van der Waals surface area contributed by atoms with Crippen molar-refractivity contribution in [2.75, 3.05) is 0 Å². The molecule has 1 unspecified atom stereocenters. The van der Waals surface area contributed by atoms with Gasteiger partial charge in [-0.25, -0.2) is 0 Å². The number of benzene rings is 1. The predicted octanol–water partition coefficient (Wildman–Crippen LogP) is 1.16. The van der Waals surface area contributed by atoms with E-state index in [1.165, 1.54) is 12.3 Å². The van der Waals surface area contributed by atoms with Crippen LogP contribution < -0.4 is 5.73 Å². The molecule has 0 aliphatic carbocycles. The van der Waals surface area contributed by atoms with E-state index < -0.39 is 16.9 Å². The summed E-state index contributed by atoms with van der Waals surface area (Å²) in [5.74, 6) is -1.23. The van der Waals surface area contributed by atoms with Crippen LogP contribution in [0.15, 0.2) is 24.4 Å². The van der Waals surface area contributed by atoms with Crippen LogP contribution >= 0.6 is 0 Å². The minimum atomic E-state index is -1.28. The Kier molecular flexibility index (Phi) is 2.52. The zero-order valence-electron chi connectivity index (χ0n) is 8.58. The second-order valence-electron chi connectivity index (χ2n) is 3.52. The number of aromatic nitrogens is 1. The lowest BCUT2D eigenvalue weighted by Crippen LogP contribution is -2.20. The van der Waals surface area contributed by atoms with Crippen molar-refractivity contribution >= 4 is 22.6 Å². The summed E-state index contributed by atoms with van der Waals surface area (Å²) in [6.07, 6.45) is 1.22. The smallest absolute Gasteiger partial charge is 0.325 e. The largest absolute Gasteiger partial charge is 0.480 e. The van der Waals surface area contributed by atoms with E-state index in [0.29, 0.717) is 5.52 Å². The molecular weight excluding hydrogens is 226 g/mol. The zero-order chi connectivity index (χ0) is 12.6. The number of carbonyl (C=O) groups is 1. The molecule has 7 nitrogen and oxygen atoms in total. The van der Waals surface area contributed by atoms with Gasteiger partial charge in [0.2, 0.25) is 0 Å². The summed E-state index contributed by atoms with van der Waals surface area (Å²) < 4.78 is 0. The Morgan fingerprint density at radius 1 is 1.53 bits per heavy atom. The number of fused-ring (bicyclic) bond motifs is 1. The predicted molar refractivity (Wildman–Crippen MR) is 59.5 cm³/mol. The standard InChI is InChI=1S/C10H9N3O4/c11-9(10(14)15)5-2-1-3-6-8(5)7(4-12-6)13(16)17/h1-4,9,12H,11H2,(H,14,15). The maximum absolute atomic E-state index is 10.8. The number of nitrogens with zero attached hydrogens (tertiary/aromatic N) is 1. The molecule has 0 saturated carbocycles. The quantitative estimate of drug-likeness (QED) is 0.544. The van der Waals surface area contributed by atoms with Gasteiger partial charge in [0.15, 0.2) is 0 Å². The third-order valence-corrected chi connectivity index (χ3v) is 2.52. The molecule has 0 amide bonds. The SMILES string of the molecule is NC(C(=O)O)c1cccc2[nH]cc([N+](=O)[O-])c12. The van der Waals surface area contributed by atoms with Crippen molar-refractivity contribution in [3.63, 3.8) is 0 Å². The number of hydrogen-bond acceptors (Lipinski definition) is 4. The van der Waals surface area contributed by atoms with E-state index in [1.807, 2.05) is 0 Å². The third-order valence-electron chi connectivity index (χ3n) is 2.52. The van der Waals surface area contributed by atoms with Crippen molar-refractivity contribution in [2.45, 2.75) is 6.04 Å². The average molecular weight is 235 g/mol. The molecule has 2 rings (SSSR count). The Morgan fingerprint density at radius 3 is 2.82 bits per heavy atom. The lowest BCUT2D eigenvalue weighted by molar-refractivity contribution is -0.383. The Balaban J connectivity index is 2.74. The molecule has 1 aromatic carbocycles. The van der Waals surface area contributed by atoms with Crippen LogP contribution in [0.25, 0.3) is 10.9 Å². The molecule has 17 heavy (non-hydrogen) atoms. The van der Waals surface area contributed by atoms with Gasteiger partial charge in [0.05, 0.1) is 22.0 Å². The number of hydrogen-bond donors (Lipinski definition) is 3. The first-order valence-corrected chi connectivity index (χ1v) is 4.75. The first kappa shape index (κ1) is 11.1. The molecule has 0 spiro atoms. The van der Waals surface area contributed by atoms with Crippen LogP contribution in [0.5, 0.6) is 0 Å². The molecule has 4 N–H and O–H groups in total. The number of carboxylic acids is 1. The summed E-state index contributed by atoms with van der Waals surface area (Å²) in [4.78, 5) is 23.8. The second kappa shape index (κ2) is 3.87. The molecule has 1 heterocycles. The van der Waals surface area contributed by atoms with E-state index in [9.17, 15) is 14.9 Å². The van der Waals surface area contributed by atoms with Crippen molar-refractivity contribution in [1.29, 1.82) is 0 Å². The van der Waals surface area contributed by atoms with Crippen LogP contribution in [-0.4, -0.2) is 21.0 Å². The third kappa shape index (κ3) is 1.72. The summed E-state index contributed by atoms with van der Waals surface area (Å²) in [7, 11) is 0. The fourth-order valence-corrected chi connectivity index (χ4v) is 1.73. The number of nitrogens with two attached hydrogens (primary N) is 1. The average Bonchev–Trinajstić information content (AvgIpc) is 2.71. The molecule has 1 atom stereocenters. The number of H-pyrrole nitrogens is 1. The van der Waals surface area contributed by atoms with Gasteiger partial charge >= 0.3 is 5.97 Å². The van der Waals surface area contributed by atoms with Crippen molar-refractivity contribution in [2.24, 2.45) is 5.73 Å². The molecule has 0 aliphatic heterocycles. The van der Waals surface area contributed by atoms with E-state index in [2.05, 4.69) is 4.98 Å². The lowest BCUT2D eigenvalue weighted by Gasteiger charge is -2.07. The van der Waals surface area contributed by atoms with Gasteiger partial charge in [-0.15, -0.1) is 0 Å². The van der Waals surface area contributed by atoms with Crippen molar-refractivity contribution < 1.29 is 14.8 Å². The van der Waals surface area contributed by atoms with Gasteiger partial charge in [-0.05, 0) is 11.6 Å².